The predicted molar refractivity (Wildman–Crippen MR) is 108 cm³/mol. The number of aromatic nitrogens is 1. The van der Waals surface area contributed by atoms with Gasteiger partial charge in [-0.3, -0.25) is 4.79 Å². The van der Waals surface area contributed by atoms with Crippen LogP contribution >= 0.6 is 11.3 Å². The Morgan fingerprint density at radius 3 is 2.20 bits per heavy atom. The van der Waals surface area contributed by atoms with Gasteiger partial charge in [-0.05, 0) is 36.4 Å². The van der Waals surface area contributed by atoms with Gasteiger partial charge >= 0.3 is 17.9 Å². The van der Waals surface area contributed by atoms with Crippen molar-refractivity contribution in [3.8, 4) is 0 Å². The summed E-state index contributed by atoms with van der Waals surface area (Å²) >= 11 is 1.38. The van der Waals surface area contributed by atoms with E-state index in [0.29, 0.717) is 5.56 Å². The van der Waals surface area contributed by atoms with E-state index in [2.05, 4.69) is 19.8 Å². The molecule has 0 spiro atoms. The number of rotatable bonds is 6. The van der Waals surface area contributed by atoms with Crippen LogP contribution in [-0.2, 0) is 19.0 Å². The summed E-state index contributed by atoms with van der Waals surface area (Å²) in [5, 5.41) is 2.47. The molecule has 10 heteroatoms. The van der Waals surface area contributed by atoms with Gasteiger partial charge in [-0.1, -0.05) is 0 Å². The molecule has 0 aliphatic rings. The molecule has 0 fully saturated rings. The second-order valence-corrected chi connectivity index (χ2v) is 6.83. The summed E-state index contributed by atoms with van der Waals surface area (Å²) in [6, 6.07) is 8.82. The van der Waals surface area contributed by atoms with Crippen LogP contribution in [0, 0.1) is 0 Å². The van der Waals surface area contributed by atoms with Gasteiger partial charge in [-0.25, -0.2) is 19.4 Å². The Balaban J connectivity index is 1.68. The predicted octanol–water partition coefficient (Wildman–Crippen LogP) is 2.67. The van der Waals surface area contributed by atoms with Crippen LogP contribution in [0.2, 0.25) is 0 Å². The lowest BCUT2D eigenvalue weighted by atomic mass is 10.1. The third-order valence-electron chi connectivity index (χ3n) is 3.96. The largest absolute Gasteiger partial charge is 0.465 e. The first-order valence-corrected chi connectivity index (χ1v) is 9.41. The summed E-state index contributed by atoms with van der Waals surface area (Å²) in [6.07, 6.45) is 0. The molecule has 154 valence electrons. The Kier molecular flexibility index (Phi) is 6.38. The molecule has 0 aliphatic carbocycles. The average Bonchev–Trinajstić information content (AvgIpc) is 3.23. The van der Waals surface area contributed by atoms with Crippen molar-refractivity contribution in [2.24, 2.45) is 0 Å². The average molecular weight is 428 g/mol. The summed E-state index contributed by atoms with van der Waals surface area (Å²) < 4.78 is 15.1. The Bertz CT molecular complexity index is 1100. The highest BCUT2D eigenvalue weighted by molar-refractivity contribution is 7.16. The Hall–Kier alpha value is -3.79. The second-order valence-electron chi connectivity index (χ2n) is 5.94. The number of nitrogens with one attached hydrogen (secondary N) is 1. The van der Waals surface area contributed by atoms with Gasteiger partial charge < -0.3 is 19.5 Å². The number of esters is 3. The molecule has 0 unspecified atom stereocenters. The van der Waals surface area contributed by atoms with Gasteiger partial charge in [0.25, 0.3) is 5.91 Å². The Labute approximate surface area is 174 Å². The van der Waals surface area contributed by atoms with Crippen LogP contribution in [0.5, 0.6) is 0 Å². The topological polar surface area (TPSA) is 121 Å². The van der Waals surface area contributed by atoms with Crippen LogP contribution < -0.4 is 5.32 Å². The Morgan fingerprint density at radius 2 is 1.57 bits per heavy atom. The summed E-state index contributed by atoms with van der Waals surface area (Å²) in [5.74, 6) is -2.71. The highest BCUT2D eigenvalue weighted by Gasteiger charge is 2.16. The molecule has 1 aromatic heterocycles. The maximum Gasteiger partial charge on any atom is 0.338 e. The van der Waals surface area contributed by atoms with Crippen LogP contribution in [-0.4, -0.2) is 49.6 Å². The molecular weight excluding hydrogens is 412 g/mol. The van der Waals surface area contributed by atoms with E-state index in [-0.39, 0.29) is 16.8 Å². The monoisotopic (exact) mass is 428 g/mol. The van der Waals surface area contributed by atoms with Crippen molar-refractivity contribution in [3.63, 3.8) is 0 Å². The van der Waals surface area contributed by atoms with E-state index in [1.54, 1.807) is 23.7 Å². The number of carbonyl (C=O) groups is 4. The first-order valence-electron chi connectivity index (χ1n) is 8.53. The maximum absolute atomic E-state index is 12.2. The lowest BCUT2D eigenvalue weighted by Gasteiger charge is -2.10. The summed E-state index contributed by atoms with van der Waals surface area (Å²) in [4.78, 5) is 52.1. The number of amides is 1. The fourth-order valence-electron chi connectivity index (χ4n) is 2.56. The molecule has 0 bridgehead atoms. The zero-order chi connectivity index (χ0) is 21.7. The van der Waals surface area contributed by atoms with Crippen molar-refractivity contribution in [1.29, 1.82) is 0 Å². The molecule has 0 atom stereocenters. The molecule has 3 rings (SSSR count). The number of carbonyl (C=O) groups excluding carboxylic acids is 4. The zero-order valence-electron chi connectivity index (χ0n) is 16.0. The third kappa shape index (κ3) is 4.78. The van der Waals surface area contributed by atoms with Gasteiger partial charge in [-0.15, -0.1) is 11.3 Å². The minimum absolute atomic E-state index is 0.0468. The van der Waals surface area contributed by atoms with Crippen molar-refractivity contribution < 1.29 is 33.4 Å². The van der Waals surface area contributed by atoms with Crippen LogP contribution in [0.15, 0.2) is 41.9 Å². The van der Waals surface area contributed by atoms with E-state index in [1.165, 1.54) is 43.8 Å². The molecule has 0 aliphatic heterocycles. The van der Waals surface area contributed by atoms with E-state index in [9.17, 15) is 19.2 Å². The van der Waals surface area contributed by atoms with Crippen LogP contribution in [0.3, 0.4) is 0 Å². The number of hydrogen-bond acceptors (Lipinski definition) is 9. The molecule has 1 amide bonds. The van der Waals surface area contributed by atoms with Gasteiger partial charge in [0.2, 0.25) is 0 Å². The number of hydrogen-bond donors (Lipinski definition) is 1. The fraction of sp³-hybridized carbons (Fsp3) is 0.150. The highest BCUT2D eigenvalue weighted by Crippen LogP contribution is 2.20. The SMILES string of the molecule is COC(=O)c1cc(NC(=O)COC(=O)c2ccc3ncsc3c2)cc(C(=O)OC)c1. The van der Waals surface area contributed by atoms with Gasteiger partial charge in [0.05, 0.1) is 46.6 Å². The number of ether oxygens (including phenoxy) is 3. The molecule has 0 radical (unpaired) electrons. The van der Waals surface area contributed by atoms with Crippen LogP contribution in [0.25, 0.3) is 10.2 Å². The number of nitrogens with zero attached hydrogens (tertiary/aromatic N) is 1. The van der Waals surface area contributed by atoms with Crippen LogP contribution in [0.1, 0.15) is 31.1 Å². The summed E-state index contributed by atoms with van der Waals surface area (Å²) in [7, 11) is 2.38. The fourth-order valence-corrected chi connectivity index (χ4v) is 3.28. The molecular formula is C20H16N2O7S. The van der Waals surface area contributed by atoms with E-state index in [1.807, 2.05) is 0 Å². The summed E-state index contributed by atoms with van der Waals surface area (Å²) in [6.45, 7) is -0.560. The number of fused-ring (bicyclic) bond motifs is 1. The first kappa shape index (κ1) is 20.9. The first-order chi connectivity index (χ1) is 14.4. The van der Waals surface area contributed by atoms with Crippen molar-refractivity contribution >= 4 is 51.1 Å². The molecule has 9 nitrogen and oxygen atoms in total. The Morgan fingerprint density at radius 1 is 0.900 bits per heavy atom. The third-order valence-corrected chi connectivity index (χ3v) is 4.75. The van der Waals surface area contributed by atoms with Crippen molar-refractivity contribution in [2.75, 3.05) is 26.1 Å². The van der Waals surface area contributed by atoms with Gasteiger partial charge in [0.1, 0.15) is 0 Å². The minimum atomic E-state index is -0.693. The molecule has 0 saturated heterocycles. The molecule has 2 aromatic carbocycles. The van der Waals surface area contributed by atoms with E-state index < -0.39 is 30.4 Å². The molecule has 30 heavy (non-hydrogen) atoms. The molecule has 1 heterocycles. The minimum Gasteiger partial charge on any atom is -0.465 e. The number of benzene rings is 2. The standard InChI is InChI=1S/C20H16N2O7S/c1-27-18(24)12-5-13(19(25)28-2)7-14(6-12)22-17(23)9-29-20(26)11-3-4-15-16(8-11)30-10-21-15/h3-8,10H,9H2,1-2H3,(H,22,23). The summed E-state index contributed by atoms with van der Waals surface area (Å²) in [5.41, 5.74) is 2.96. The highest BCUT2D eigenvalue weighted by atomic mass is 32.1. The van der Waals surface area contributed by atoms with Gasteiger partial charge in [-0.2, -0.15) is 0 Å². The lowest BCUT2D eigenvalue weighted by molar-refractivity contribution is -0.119. The number of anilines is 1. The lowest BCUT2D eigenvalue weighted by Crippen LogP contribution is -2.21. The second kappa shape index (κ2) is 9.14. The van der Waals surface area contributed by atoms with Crippen LogP contribution in [0.4, 0.5) is 5.69 Å². The molecule has 1 N–H and O–H groups in total. The van der Waals surface area contributed by atoms with Crippen molar-refractivity contribution in [1.82, 2.24) is 4.98 Å². The molecule has 3 aromatic rings. The normalized spacial score (nSPS) is 10.3. The van der Waals surface area contributed by atoms with E-state index in [0.717, 1.165) is 10.2 Å². The van der Waals surface area contributed by atoms with E-state index in [4.69, 9.17) is 4.74 Å². The van der Waals surface area contributed by atoms with Gasteiger partial charge in [0.15, 0.2) is 6.61 Å². The van der Waals surface area contributed by atoms with E-state index >= 15 is 0 Å². The van der Waals surface area contributed by atoms with Crippen molar-refractivity contribution in [2.45, 2.75) is 0 Å². The number of methoxy groups -OCH3 is 2. The van der Waals surface area contributed by atoms with Crippen molar-refractivity contribution in [3.05, 3.63) is 58.6 Å². The maximum atomic E-state index is 12.2. The number of thiazole rings is 1. The van der Waals surface area contributed by atoms with Gasteiger partial charge in [0, 0.05) is 5.69 Å². The smallest absolute Gasteiger partial charge is 0.338 e. The zero-order valence-corrected chi connectivity index (χ0v) is 16.8. The quantitative estimate of drug-likeness (QED) is 0.470. The molecule has 0 saturated carbocycles.